The van der Waals surface area contributed by atoms with Crippen molar-refractivity contribution in [3.8, 4) is 5.75 Å². The molecule has 0 aromatic heterocycles. The molecular formula is C21H25N3O2. The molecule has 2 aromatic carbocycles. The van der Waals surface area contributed by atoms with Crippen LogP contribution in [0.25, 0.3) is 0 Å². The summed E-state index contributed by atoms with van der Waals surface area (Å²) in [5, 5.41) is 3.40. The number of piperazine rings is 1. The second-order valence-electron chi connectivity index (χ2n) is 6.72. The molecule has 136 valence electrons. The fourth-order valence-corrected chi connectivity index (χ4v) is 4.11. The smallest absolute Gasteiger partial charge is 0.130 e. The van der Waals surface area contributed by atoms with E-state index in [1.165, 1.54) is 0 Å². The van der Waals surface area contributed by atoms with E-state index < -0.39 is 0 Å². The number of nitrogens with one attached hydrogen (secondary N) is 1. The summed E-state index contributed by atoms with van der Waals surface area (Å²) in [6, 6.07) is 16.4. The predicted octanol–water partition coefficient (Wildman–Crippen LogP) is 2.75. The molecule has 1 saturated heterocycles. The van der Waals surface area contributed by atoms with Gasteiger partial charge in [-0.25, -0.2) is 0 Å². The lowest BCUT2D eigenvalue weighted by molar-refractivity contribution is -0.110. The third kappa shape index (κ3) is 2.97. The fraction of sp³-hybridized carbons (Fsp3) is 0.381. The van der Waals surface area contributed by atoms with Gasteiger partial charge in [-0.2, -0.15) is 0 Å². The van der Waals surface area contributed by atoms with Gasteiger partial charge in [0.15, 0.2) is 0 Å². The summed E-state index contributed by atoms with van der Waals surface area (Å²) in [6.45, 7) is 6.40. The van der Waals surface area contributed by atoms with Crippen LogP contribution in [0.4, 0.5) is 11.4 Å². The Morgan fingerprint density at radius 2 is 1.96 bits per heavy atom. The van der Waals surface area contributed by atoms with E-state index in [4.69, 9.17) is 4.74 Å². The van der Waals surface area contributed by atoms with Crippen LogP contribution < -0.4 is 15.0 Å². The number of rotatable bonds is 5. The fourth-order valence-electron chi connectivity index (χ4n) is 4.11. The van der Waals surface area contributed by atoms with Gasteiger partial charge in [-0.3, -0.25) is 4.90 Å². The monoisotopic (exact) mass is 351 g/mol. The van der Waals surface area contributed by atoms with Crippen LogP contribution in [0, 0.1) is 0 Å². The summed E-state index contributed by atoms with van der Waals surface area (Å²) in [7, 11) is 0. The lowest BCUT2D eigenvalue weighted by atomic mass is 9.99. The van der Waals surface area contributed by atoms with E-state index in [1.54, 1.807) is 0 Å². The van der Waals surface area contributed by atoms with Crippen molar-refractivity contribution in [2.75, 3.05) is 37.7 Å². The molecule has 4 rings (SSSR count). The maximum atomic E-state index is 12.1. The summed E-state index contributed by atoms with van der Waals surface area (Å²) < 4.78 is 5.71. The molecule has 2 atom stereocenters. The highest BCUT2D eigenvalue weighted by Gasteiger charge is 2.42. The minimum Gasteiger partial charge on any atom is -0.494 e. The molecule has 2 aromatic rings. The molecule has 2 unspecified atom stereocenters. The Bertz CT molecular complexity index is 773. The first-order valence-corrected chi connectivity index (χ1v) is 9.34. The summed E-state index contributed by atoms with van der Waals surface area (Å²) in [6.07, 6.45) is 1.11. The van der Waals surface area contributed by atoms with Gasteiger partial charge in [0.1, 0.15) is 18.2 Å². The normalized spacial score (nSPS) is 22.9. The first-order valence-electron chi connectivity index (χ1n) is 9.34. The Morgan fingerprint density at radius 1 is 1.15 bits per heavy atom. The summed E-state index contributed by atoms with van der Waals surface area (Å²) >= 11 is 0. The minimum atomic E-state index is -0.153. The number of ether oxygens (including phenoxy) is 1. The minimum absolute atomic E-state index is 0.00359. The number of para-hydroxylation sites is 1. The highest BCUT2D eigenvalue weighted by Crippen LogP contribution is 2.46. The van der Waals surface area contributed by atoms with E-state index in [9.17, 15) is 4.79 Å². The van der Waals surface area contributed by atoms with Crippen molar-refractivity contribution in [3.63, 3.8) is 0 Å². The Labute approximate surface area is 154 Å². The van der Waals surface area contributed by atoms with E-state index in [2.05, 4.69) is 39.4 Å². The number of hydrogen-bond acceptors (Lipinski definition) is 5. The number of anilines is 2. The largest absolute Gasteiger partial charge is 0.494 e. The van der Waals surface area contributed by atoms with Crippen LogP contribution in [0.2, 0.25) is 0 Å². The number of hydrogen-bond donors (Lipinski definition) is 1. The van der Waals surface area contributed by atoms with E-state index in [-0.39, 0.29) is 12.1 Å². The molecular weight excluding hydrogens is 326 g/mol. The van der Waals surface area contributed by atoms with Crippen LogP contribution in [-0.2, 0) is 4.79 Å². The highest BCUT2D eigenvalue weighted by atomic mass is 16.5. The third-order valence-corrected chi connectivity index (χ3v) is 5.22. The van der Waals surface area contributed by atoms with Gasteiger partial charge in [-0.1, -0.05) is 24.3 Å². The van der Waals surface area contributed by atoms with Gasteiger partial charge in [0.2, 0.25) is 0 Å². The lowest BCUT2D eigenvalue weighted by Gasteiger charge is -2.40. The Hall–Kier alpha value is -2.37. The van der Waals surface area contributed by atoms with Crippen LogP contribution in [0.3, 0.4) is 0 Å². The number of aldehydes is 1. The Balaban J connectivity index is 1.80. The first kappa shape index (κ1) is 17.1. The molecule has 5 heteroatoms. The average molecular weight is 351 g/mol. The van der Waals surface area contributed by atoms with Crippen molar-refractivity contribution >= 4 is 17.7 Å². The topological polar surface area (TPSA) is 44.8 Å². The zero-order valence-corrected chi connectivity index (χ0v) is 15.1. The van der Waals surface area contributed by atoms with Gasteiger partial charge in [0.25, 0.3) is 0 Å². The number of fused-ring (bicyclic) bond motifs is 1. The zero-order valence-electron chi connectivity index (χ0n) is 15.1. The number of benzene rings is 2. The molecule has 2 heterocycles. The standard InChI is InChI=1S/C21H25N3O2/c1-2-26-17-7-5-6-16(14-17)24-20-9-4-3-8-18(20)19(15-25)21(24)23-12-10-22-11-13-23/h3-9,14-15,19,21-22H,2,10-13H2,1H3. The maximum absolute atomic E-state index is 12.1. The van der Waals surface area contributed by atoms with Crippen LogP contribution in [0.5, 0.6) is 5.75 Å². The molecule has 0 spiro atoms. The van der Waals surface area contributed by atoms with Gasteiger partial charge in [-0.15, -0.1) is 0 Å². The van der Waals surface area contributed by atoms with Crippen molar-refractivity contribution < 1.29 is 9.53 Å². The molecule has 26 heavy (non-hydrogen) atoms. The van der Waals surface area contributed by atoms with Gasteiger partial charge in [0.05, 0.1) is 12.5 Å². The van der Waals surface area contributed by atoms with Crippen molar-refractivity contribution in [1.29, 1.82) is 0 Å². The molecule has 0 aliphatic carbocycles. The van der Waals surface area contributed by atoms with Crippen molar-refractivity contribution in [2.45, 2.75) is 19.0 Å². The second kappa shape index (κ2) is 7.48. The van der Waals surface area contributed by atoms with Crippen LogP contribution in [0.1, 0.15) is 18.4 Å². The van der Waals surface area contributed by atoms with Crippen molar-refractivity contribution in [2.24, 2.45) is 0 Å². The highest BCUT2D eigenvalue weighted by molar-refractivity contribution is 5.81. The van der Waals surface area contributed by atoms with E-state index in [1.807, 2.05) is 31.2 Å². The Morgan fingerprint density at radius 3 is 2.73 bits per heavy atom. The van der Waals surface area contributed by atoms with Crippen molar-refractivity contribution in [1.82, 2.24) is 10.2 Å². The predicted molar refractivity (Wildman–Crippen MR) is 103 cm³/mol. The number of nitrogens with zero attached hydrogens (tertiary/aromatic N) is 2. The van der Waals surface area contributed by atoms with Crippen LogP contribution in [-0.4, -0.2) is 50.1 Å². The third-order valence-electron chi connectivity index (χ3n) is 5.22. The van der Waals surface area contributed by atoms with Crippen LogP contribution >= 0.6 is 0 Å². The molecule has 1 fully saturated rings. The number of carbonyl (C=O) groups is 1. The lowest BCUT2D eigenvalue weighted by Crippen LogP contribution is -2.54. The average Bonchev–Trinajstić information content (AvgIpc) is 3.03. The molecule has 0 saturated carbocycles. The zero-order chi connectivity index (χ0) is 17.9. The summed E-state index contributed by atoms with van der Waals surface area (Å²) in [5.41, 5.74) is 3.28. The SMILES string of the molecule is CCOc1cccc(N2c3ccccc3C(C=O)C2N2CCNCC2)c1. The maximum Gasteiger partial charge on any atom is 0.130 e. The van der Waals surface area contributed by atoms with Gasteiger partial charge < -0.3 is 19.7 Å². The van der Waals surface area contributed by atoms with Crippen molar-refractivity contribution in [3.05, 3.63) is 54.1 Å². The Kier molecular flexibility index (Phi) is 4.91. The molecule has 0 amide bonds. The molecule has 5 nitrogen and oxygen atoms in total. The van der Waals surface area contributed by atoms with Gasteiger partial charge in [0, 0.05) is 43.6 Å². The van der Waals surface area contributed by atoms with Gasteiger partial charge >= 0.3 is 0 Å². The summed E-state index contributed by atoms with van der Waals surface area (Å²) in [5.74, 6) is 0.705. The summed E-state index contributed by atoms with van der Waals surface area (Å²) in [4.78, 5) is 16.8. The quantitative estimate of drug-likeness (QED) is 0.839. The molecule has 2 aliphatic rings. The molecule has 0 bridgehead atoms. The molecule has 2 aliphatic heterocycles. The van der Waals surface area contributed by atoms with E-state index >= 15 is 0 Å². The molecule has 1 N–H and O–H groups in total. The number of carbonyl (C=O) groups excluding carboxylic acids is 1. The van der Waals surface area contributed by atoms with Crippen LogP contribution in [0.15, 0.2) is 48.5 Å². The van der Waals surface area contributed by atoms with Gasteiger partial charge in [-0.05, 0) is 30.7 Å². The van der Waals surface area contributed by atoms with E-state index in [0.29, 0.717) is 6.61 Å². The van der Waals surface area contributed by atoms with E-state index in [0.717, 1.165) is 55.2 Å². The molecule has 0 radical (unpaired) electrons. The first-order chi connectivity index (χ1) is 12.8. The second-order valence-corrected chi connectivity index (χ2v) is 6.72.